The summed E-state index contributed by atoms with van der Waals surface area (Å²) in [7, 11) is 5.85. The van der Waals surface area contributed by atoms with Gasteiger partial charge in [-0.2, -0.15) is 0 Å². The van der Waals surface area contributed by atoms with Crippen molar-refractivity contribution in [3.8, 4) is 0 Å². The number of aromatic nitrogens is 1. The maximum absolute atomic E-state index is 12.6. The Morgan fingerprint density at radius 3 is 2.75 bits per heavy atom. The van der Waals surface area contributed by atoms with Crippen molar-refractivity contribution in [2.24, 2.45) is 12.0 Å². The molecule has 0 bridgehead atoms. The Labute approximate surface area is 184 Å². The molecule has 6 nitrogen and oxygen atoms in total. The van der Waals surface area contributed by atoms with Crippen LogP contribution in [0.3, 0.4) is 0 Å². The van der Waals surface area contributed by atoms with Crippen LogP contribution in [0.15, 0.2) is 47.6 Å². The van der Waals surface area contributed by atoms with Crippen molar-refractivity contribution in [2.45, 2.75) is 25.8 Å². The van der Waals surface area contributed by atoms with Gasteiger partial charge >= 0.3 is 0 Å². The van der Waals surface area contributed by atoms with Gasteiger partial charge in [-0.05, 0) is 36.6 Å². The van der Waals surface area contributed by atoms with Crippen LogP contribution in [-0.2, 0) is 24.8 Å². The van der Waals surface area contributed by atoms with E-state index in [9.17, 15) is 4.79 Å². The summed E-state index contributed by atoms with van der Waals surface area (Å²) >= 11 is 0. The Morgan fingerprint density at radius 1 is 1.25 bits per heavy atom. The number of anilines is 1. The fourth-order valence-corrected chi connectivity index (χ4v) is 3.54. The van der Waals surface area contributed by atoms with E-state index >= 15 is 0 Å². The second-order valence-electron chi connectivity index (χ2n) is 6.97. The average Bonchev–Trinajstić information content (AvgIpc) is 3.28. The minimum atomic E-state index is 0. The van der Waals surface area contributed by atoms with Gasteiger partial charge in [-0.25, -0.2) is 0 Å². The second-order valence-corrected chi connectivity index (χ2v) is 6.97. The zero-order chi connectivity index (χ0) is 19.2. The summed E-state index contributed by atoms with van der Waals surface area (Å²) < 4.78 is 2.11. The number of nitrogens with one attached hydrogen (secondary N) is 1. The van der Waals surface area contributed by atoms with Crippen LogP contribution in [0.1, 0.15) is 24.1 Å². The predicted octanol–water partition coefficient (Wildman–Crippen LogP) is 3.02. The van der Waals surface area contributed by atoms with Gasteiger partial charge in [0.15, 0.2) is 5.96 Å². The van der Waals surface area contributed by atoms with Gasteiger partial charge in [0.2, 0.25) is 5.91 Å². The molecule has 152 valence electrons. The lowest BCUT2D eigenvalue weighted by molar-refractivity contribution is -0.118. The number of fused-ring (bicyclic) bond motifs is 1. The Balaban J connectivity index is 0.00000280. The van der Waals surface area contributed by atoms with E-state index in [1.165, 1.54) is 11.3 Å². The highest BCUT2D eigenvalue weighted by Crippen LogP contribution is 2.27. The van der Waals surface area contributed by atoms with E-state index in [1.807, 2.05) is 49.5 Å². The first kappa shape index (κ1) is 22.3. The SMILES string of the molecule is CN=C(NCCCC(=O)N1CCc2ccccc21)N(C)Cc1cccn1C.I. The number of carbonyl (C=O) groups excluding carboxylic acids is 1. The first-order valence-corrected chi connectivity index (χ1v) is 9.50. The van der Waals surface area contributed by atoms with E-state index in [4.69, 9.17) is 0 Å². The molecule has 28 heavy (non-hydrogen) atoms. The molecule has 3 rings (SSSR count). The number of hydrogen-bond acceptors (Lipinski definition) is 2. The quantitative estimate of drug-likeness (QED) is 0.290. The van der Waals surface area contributed by atoms with E-state index in [0.717, 1.165) is 44.1 Å². The summed E-state index contributed by atoms with van der Waals surface area (Å²) in [5.41, 5.74) is 3.57. The molecule has 1 aromatic carbocycles. The normalized spacial score (nSPS) is 13.1. The van der Waals surface area contributed by atoms with Crippen molar-refractivity contribution >= 4 is 41.5 Å². The smallest absolute Gasteiger partial charge is 0.227 e. The first-order chi connectivity index (χ1) is 13.1. The van der Waals surface area contributed by atoms with Crippen molar-refractivity contribution in [3.63, 3.8) is 0 Å². The van der Waals surface area contributed by atoms with Crippen molar-refractivity contribution in [3.05, 3.63) is 53.9 Å². The third-order valence-electron chi connectivity index (χ3n) is 5.06. The highest BCUT2D eigenvalue weighted by atomic mass is 127. The molecule has 1 N–H and O–H groups in total. The van der Waals surface area contributed by atoms with Crippen LogP contribution in [0.2, 0.25) is 0 Å². The number of rotatable bonds is 6. The van der Waals surface area contributed by atoms with E-state index in [-0.39, 0.29) is 29.9 Å². The highest BCUT2D eigenvalue weighted by Gasteiger charge is 2.23. The summed E-state index contributed by atoms with van der Waals surface area (Å²) in [6, 6.07) is 12.3. The number of hydrogen-bond donors (Lipinski definition) is 1. The number of carbonyl (C=O) groups is 1. The van der Waals surface area contributed by atoms with Crippen LogP contribution in [0.4, 0.5) is 5.69 Å². The summed E-state index contributed by atoms with van der Waals surface area (Å²) in [6.45, 7) is 2.31. The summed E-state index contributed by atoms with van der Waals surface area (Å²) in [6.07, 6.45) is 4.33. The number of aliphatic imine (C=N–C) groups is 1. The lowest BCUT2D eigenvalue weighted by atomic mass is 10.2. The topological polar surface area (TPSA) is 52.9 Å². The second kappa shape index (κ2) is 10.5. The van der Waals surface area contributed by atoms with Crippen molar-refractivity contribution < 1.29 is 4.79 Å². The summed E-state index contributed by atoms with van der Waals surface area (Å²) in [4.78, 5) is 20.9. The number of amides is 1. The highest BCUT2D eigenvalue weighted by molar-refractivity contribution is 14.0. The molecule has 0 radical (unpaired) electrons. The maximum Gasteiger partial charge on any atom is 0.227 e. The Bertz CT molecular complexity index is 817. The third-order valence-corrected chi connectivity index (χ3v) is 5.06. The molecule has 0 atom stereocenters. The molecule has 2 aromatic rings. The molecule has 2 heterocycles. The van der Waals surface area contributed by atoms with Crippen LogP contribution in [0.25, 0.3) is 0 Å². The van der Waals surface area contributed by atoms with Gasteiger partial charge in [0.25, 0.3) is 0 Å². The van der Waals surface area contributed by atoms with E-state index in [2.05, 4.69) is 31.9 Å². The fraction of sp³-hybridized carbons (Fsp3) is 0.429. The fourth-order valence-electron chi connectivity index (χ4n) is 3.54. The Morgan fingerprint density at radius 2 is 2.04 bits per heavy atom. The van der Waals surface area contributed by atoms with Crippen LogP contribution in [0.5, 0.6) is 0 Å². The molecule has 1 aliphatic rings. The van der Waals surface area contributed by atoms with Crippen LogP contribution in [0, 0.1) is 0 Å². The minimum Gasteiger partial charge on any atom is -0.356 e. The van der Waals surface area contributed by atoms with Gasteiger partial charge < -0.3 is 19.7 Å². The molecule has 1 aromatic heterocycles. The van der Waals surface area contributed by atoms with Gasteiger partial charge in [0.1, 0.15) is 0 Å². The molecular weight excluding hydrogens is 465 g/mol. The number of halogens is 1. The number of aryl methyl sites for hydroxylation is 1. The first-order valence-electron chi connectivity index (χ1n) is 9.50. The van der Waals surface area contributed by atoms with Gasteiger partial charge in [-0.1, -0.05) is 18.2 Å². The van der Waals surface area contributed by atoms with Crippen LogP contribution < -0.4 is 10.2 Å². The number of guanidine groups is 1. The van der Waals surface area contributed by atoms with E-state index < -0.39 is 0 Å². The van der Waals surface area contributed by atoms with Gasteiger partial charge in [-0.15, -0.1) is 24.0 Å². The summed E-state index contributed by atoms with van der Waals surface area (Å²) in [5.74, 6) is 1.05. The molecule has 1 amide bonds. The third kappa shape index (κ3) is 5.27. The lowest BCUT2D eigenvalue weighted by Crippen LogP contribution is -2.39. The molecular formula is C21H30IN5O. The number of para-hydroxylation sites is 1. The van der Waals surface area contributed by atoms with E-state index in [0.29, 0.717) is 6.42 Å². The van der Waals surface area contributed by atoms with Crippen molar-refractivity contribution in [1.29, 1.82) is 0 Å². The molecule has 0 fully saturated rings. The minimum absolute atomic E-state index is 0. The van der Waals surface area contributed by atoms with Gasteiger partial charge in [0, 0.05) is 58.2 Å². The Hall–Kier alpha value is -2.03. The van der Waals surface area contributed by atoms with Crippen LogP contribution in [-0.4, -0.2) is 48.5 Å². The number of nitrogens with zero attached hydrogens (tertiary/aromatic N) is 4. The molecule has 1 aliphatic heterocycles. The number of benzene rings is 1. The largest absolute Gasteiger partial charge is 0.356 e. The lowest BCUT2D eigenvalue weighted by Gasteiger charge is -2.22. The molecule has 0 aliphatic carbocycles. The summed E-state index contributed by atoms with van der Waals surface area (Å²) in [5, 5.41) is 3.36. The van der Waals surface area contributed by atoms with Gasteiger partial charge in [0.05, 0.1) is 6.54 Å². The molecule has 0 spiro atoms. The van der Waals surface area contributed by atoms with Crippen LogP contribution >= 0.6 is 24.0 Å². The zero-order valence-electron chi connectivity index (χ0n) is 16.9. The predicted molar refractivity (Wildman–Crippen MR) is 125 cm³/mol. The maximum atomic E-state index is 12.6. The van der Waals surface area contributed by atoms with Crippen molar-refractivity contribution in [1.82, 2.24) is 14.8 Å². The molecule has 0 saturated carbocycles. The standard InChI is InChI=1S/C21H29N5O.HI/c1-22-21(25(3)16-18-9-7-14-24(18)2)23-13-6-11-20(27)26-15-12-17-8-4-5-10-19(17)26;/h4-5,7-10,14H,6,11-13,15-16H2,1-3H3,(H,22,23);1H. The monoisotopic (exact) mass is 495 g/mol. The Kier molecular flexibility index (Phi) is 8.35. The molecule has 7 heteroatoms. The molecule has 0 saturated heterocycles. The molecule has 0 unspecified atom stereocenters. The van der Waals surface area contributed by atoms with Gasteiger partial charge in [-0.3, -0.25) is 9.79 Å². The van der Waals surface area contributed by atoms with Crippen molar-refractivity contribution in [2.75, 3.05) is 32.1 Å². The zero-order valence-corrected chi connectivity index (χ0v) is 19.2. The average molecular weight is 495 g/mol. The van der Waals surface area contributed by atoms with E-state index in [1.54, 1.807) is 7.05 Å².